The number of carboxylic acids is 2. The minimum absolute atomic E-state index is 0.0701. The van der Waals surface area contributed by atoms with E-state index in [1.807, 2.05) is 86.0 Å². The highest BCUT2D eigenvalue weighted by Gasteiger charge is 2.42. The molecule has 11 nitrogen and oxygen atoms in total. The number of thioether (sulfide) groups is 1. The number of fused-ring (bicyclic) bond motifs is 2. The summed E-state index contributed by atoms with van der Waals surface area (Å²) in [6.45, 7) is 1.94. The molecule has 6 atom stereocenters. The highest BCUT2D eigenvalue weighted by atomic mass is 32.2. The number of hydrogen-bond donors (Lipinski definition) is 5. The van der Waals surface area contributed by atoms with Crippen molar-refractivity contribution in [3.05, 3.63) is 137 Å². The van der Waals surface area contributed by atoms with Gasteiger partial charge in [0.25, 0.3) is 0 Å². The van der Waals surface area contributed by atoms with E-state index in [9.17, 15) is 30.2 Å². The van der Waals surface area contributed by atoms with Gasteiger partial charge in [0, 0.05) is 34.0 Å². The number of carbonyl (C=O) groups is 2. The van der Waals surface area contributed by atoms with Crippen molar-refractivity contribution in [3.63, 3.8) is 0 Å². The molecular weight excluding hydrogens is 731 g/mol. The van der Waals surface area contributed by atoms with Crippen molar-refractivity contribution in [1.29, 1.82) is 5.26 Å². The Bertz CT molecular complexity index is 2260. The number of phenolic OH excluding ortho intramolecular Hbond substituents is 1. The van der Waals surface area contributed by atoms with E-state index < -0.39 is 29.9 Å². The lowest BCUT2D eigenvalue weighted by molar-refractivity contribution is -0.140. The lowest BCUT2D eigenvalue weighted by atomic mass is 9.70. The number of rotatable bonds is 9. The zero-order chi connectivity index (χ0) is 40.1. The van der Waals surface area contributed by atoms with Gasteiger partial charge in [-0.05, 0) is 113 Å². The van der Waals surface area contributed by atoms with E-state index in [1.165, 1.54) is 7.11 Å². The molecule has 0 bridgehead atoms. The average Bonchev–Trinajstić information content (AvgIpc) is 3.22. The monoisotopic (exact) mass is 773 g/mol. The molecule has 5 aromatic carbocycles. The molecule has 288 valence electrons. The van der Waals surface area contributed by atoms with Crippen LogP contribution in [0.25, 0.3) is 0 Å². The fourth-order valence-corrected chi connectivity index (χ4v) is 8.23. The summed E-state index contributed by atoms with van der Waals surface area (Å²) in [5.74, 6) is -0.888. The van der Waals surface area contributed by atoms with Crippen LogP contribution in [0, 0.1) is 17.2 Å². The standard InChI is InChI=1S/C25H22N2O4.C19H21NO4S/c1-30-18-8-4-16(5-9-18)22-20-13-15(14-26)3-12-21(20)27-24(25(28)29)23(22)17-6-10-19(31-2)11-7-17;1-10-17(11-4-7-15(21)16(8-11)24-2)13-9-12(25-3)5-6-14(13)20-18(10)19(22)23/h3-13,22-24,27H,1-2H3,(H,28,29);4-10,17-18,20-21H,1-3H3,(H,22,23). The number of nitrogens with one attached hydrogen (secondary N) is 2. The molecule has 0 aromatic heterocycles. The largest absolute Gasteiger partial charge is 0.504 e. The number of hydrogen-bond acceptors (Lipinski definition) is 10. The molecule has 56 heavy (non-hydrogen) atoms. The first-order valence-corrected chi connectivity index (χ1v) is 19.1. The third-order valence-corrected chi connectivity index (χ3v) is 11.3. The molecule has 7 rings (SSSR count). The molecule has 2 heterocycles. The molecule has 2 aliphatic heterocycles. The molecule has 0 aliphatic carbocycles. The van der Waals surface area contributed by atoms with E-state index in [0.29, 0.717) is 17.1 Å². The lowest BCUT2D eigenvalue weighted by Gasteiger charge is -2.39. The first kappa shape index (κ1) is 39.4. The zero-order valence-electron chi connectivity index (χ0n) is 31.5. The van der Waals surface area contributed by atoms with E-state index in [-0.39, 0.29) is 23.5 Å². The van der Waals surface area contributed by atoms with Gasteiger partial charge in [-0.1, -0.05) is 37.3 Å². The van der Waals surface area contributed by atoms with Gasteiger partial charge in [0.15, 0.2) is 11.5 Å². The number of phenols is 1. The maximum atomic E-state index is 12.3. The zero-order valence-corrected chi connectivity index (χ0v) is 32.3. The van der Waals surface area contributed by atoms with E-state index in [4.69, 9.17) is 14.2 Å². The van der Waals surface area contributed by atoms with Gasteiger partial charge in [-0.25, -0.2) is 9.59 Å². The highest BCUT2D eigenvalue weighted by Crippen LogP contribution is 2.49. The Morgan fingerprint density at radius 1 is 0.679 bits per heavy atom. The number of ether oxygens (including phenoxy) is 3. The van der Waals surface area contributed by atoms with Crippen molar-refractivity contribution < 1.29 is 39.1 Å². The number of nitrogens with zero attached hydrogens (tertiary/aromatic N) is 1. The van der Waals surface area contributed by atoms with Gasteiger partial charge in [0.2, 0.25) is 0 Å². The van der Waals surface area contributed by atoms with Crippen LogP contribution in [-0.2, 0) is 9.59 Å². The number of benzene rings is 5. The summed E-state index contributed by atoms with van der Waals surface area (Å²) in [5.41, 5.74) is 6.78. The molecule has 0 fully saturated rings. The van der Waals surface area contributed by atoms with E-state index >= 15 is 0 Å². The lowest BCUT2D eigenvalue weighted by Crippen LogP contribution is -2.42. The first-order valence-electron chi connectivity index (χ1n) is 17.9. The Hall–Kier alpha value is -6.32. The minimum Gasteiger partial charge on any atom is -0.504 e. The average molecular weight is 774 g/mol. The van der Waals surface area contributed by atoms with Crippen LogP contribution in [0.5, 0.6) is 23.0 Å². The first-order chi connectivity index (χ1) is 27.0. The van der Waals surface area contributed by atoms with Crippen LogP contribution < -0.4 is 24.8 Å². The molecule has 12 heteroatoms. The Balaban J connectivity index is 0.000000194. The van der Waals surface area contributed by atoms with Crippen molar-refractivity contribution in [2.75, 3.05) is 38.2 Å². The van der Waals surface area contributed by atoms with Gasteiger partial charge in [-0.2, -0.15) is 5.26 Å². The molecular formula is C44H43N3O8S. The summed E-state index contributed by atoms with van der Waals surface area (Å²) in [7, 11) is 4.70. The van der Waals surface area contributed by atoms with Crippen molar-refractivity contribution in [3.8, 4) is 29.1 Å². The fourth-order valence-electron chi connectivity index (χ4n) is 7.78. The number of aliphatic carboxylic acids is 2. The summed E-state index contributed by atoms with van der Waals surface area (Å²) in [6.07, 6.45) is 2.01. The van der Waals surface area contributed by atoms with E-state index in [0.717, 1.165) is 49.8 Å². The summed E-state index contributed by atoms with van der Waals surface area (Å²) in [6, 6.07) is 32.3. The van der Waals surface area contributed by atoms with E-state index in [2.05, 4.69) is 22.8 Å². The Kier molecular flexibility index (Phi) is 12.0. The number of nitriles is 1. The molecule has 5 aromatic rings. The van der Waals surface area contributed by atoms with Crippen LogP contribution >= 0.6 is 11.8 Å². The molecule has 0 amide bonds. The third kappa shape index (κ3) is 7.90. The van der Waals surface area contributed by atoms with Gasteiger partial charge in [0.1, 0.15) is 23.6 Å². The van der Waals surface area contributed by atoms with Gasteiger partial charge in [-0.15, -0.1) is 11.8 Å². The second-order valence-corrected chi connectivity index (χ2v) is 14.5. The van der Waals surface area contributed by atoms with Crippen LogP contribution in [0.4, 0.5) is 11.4 Å². The molecule has 6 unspecified atom stereocenters. The Morgan fingerprint density at radius 2 is 1.23 bits per heavy atom. The summed E-state index contributed by atoms with van der Waals surface area (Å²) in [5, 5.41) is 45.4. The molecule has 0 saturated carbocycles. The second-order valence-electron chi connectivity index (χ2n) is 13.6. The number of methoxy groups -OCH3 is 3. The summed E-state index contributed by atoms with van der Waals surface area (Å²) in [4.78, 5) is 25.2. The van der Waals surface area contributed by atoms with Gasteiger partial charge >= 0.3 is 11.9 Å². The van der Waals surface area contributed by atoms with Crippen molar-refractivity contribution in [2.45, 2.75) is 41.7 Å². The quantitative estimate of drug-likeness (QED) is 0.0913. The fraction of sp³-hybridized carbons (Fsp3) is 0.250. The van der Waals surface area contributed by atoms with Crippen molar-refractivity contribution in [2.24, 2.45) is 5.92 Å². The van der Waals surface area contributed by atoms with Gasteiger partial charge in [0.05, 0.1) is 33.0 Å². The maximum absolute atomic E-state index is 12.3. The van der Waals surface area contributed by atoms with Crippen LogP contribution in [-0.4, -0.2) is 66.9 Å². The van der Waals surface area contributed by atoms with Crippen molar-refractivity contribution >= 4 is 35.1 Å². The number of aromatic hydroxyl groups is 1. The smallest absolute Gasteiger partial charge is 0.326 e. The summed E-state index contributed by atoms with van der Waals surface area (Å²) < 4.78 is 15.8. The Morgan fingerprint density at radius 3 is 1.79 bits per heavy atom. The van der Waals surface area contributed by atoms with Crippen LogP contribution in [0.15, 0.2) is 108 Å². The normalized spacial score (nSPS) is 20.6. The number of carboxylic acid groups (broad SMARTS) is 2. The van der Waals surface area contributed by atoms with Crippen molar-refractivity contribution in [1.82, 2.24) is 0 Å². The molecule has 5 N–H and O–H groups in total. The van der Waals surface area contributed by atoms with Gasteiger partial charge < -0.3 is 40.2 Å². The molecule has 0 spiro atoms. The predicted octanol–water partition coefficient (Wildman–Crippen LogP) is 8.14. The van der Waals surface area contributed by atoms with Crippen LogP contribution in [0.3, 0.4) is 0 Å². The Labute approximate surface area is 329 Å². The van der Waals surface area contributed by atoms with E-state index in [1.54, 1.807) is 50.2 Å². The topological polar surface area (TPSA) is 170 Å². The maximum Gasteiger partial charge on any atom is 0.326 e. The minimum atomic E-state index is -0.936. The SMILES string of the molecule is COc1cc(C2c3cc(SC)ccc3NC(C(=O)O)C2C)ccc1O.COc1ccc(C2c3cc(C#N)ccc3NC(C(=O)O)C2c2ccc(OC)cc2)cc1. The van der Waals surface area contributed by atoms with Crippen LogP contribution in [0.2, 0.25) is 0 Å². The number of anilines is 2. The third-order valence-electron chi connectivity index (χ3n) is 10.6. The van der Waals surface area contributed by atoms with Crippen LogP contribution in [0.1, 0.15) is 58.1 Å². The van der Waals surface area contributed by atoms with Gasteiger partial charge in [-0.3, -0.25) is 0 Å². The second kappa shape index (κ2) is 17.0. The summed E-state index contributed by atoms with van der Waals surface area (Å²) >= 11 is 1.65. The highest BCUT2D eigenvalue weighted by molar-refractivity contribution is 7.98. The molecule has 0 saturated heterocycles. The molecule has 0 radical (unpaired) electrons. The molecule has 2 aliphatic rings. The predicted molar refractivity (Wildman–Crippen MR) is 216 cm³/mol.